The predicted molar refractivity (Wildman–Crippen MR) is 84.9 cm³/mol. The van der Waals surface area contributed by atoms with Gasteiger partial charge in [-0.15, -0.1) is 0 Å². The van der Waals surface area contributed by atoms with E-state index >= 15 is 0 Å². The third-order valence-electron chi connectivity index (χ3n) is 3.39. The number of carbonyl (C=O) groups excluding carboxylic acids is 2. The van der Waals surface area contributed by atoms with E-state index in [9.17, 15) is 9.59 Å². The zero-order chi connectivity index (χ0) is 15.8. The van der Waals surface area contributed by atoms with E-state index in [0.29, 0.717) is 6.42 Å². The topological polar surface area (TPSA) is 43.4 Å². The number of rotatable bonds is 8. The van der Waals surface area contributed by atoms with Gasteiger partial charge in [-0.2, -0.15) is 0 Å². The van der Waals surface area contributed by atoms with Crippen molar-refractivity contribution in [1.29, 1.82) is 0 Å². The van der Waals surface area contributed by atoms with Gasteiger partial charge in [0.1, 0.15) is 11.9 Å². The van der Waals surface area contributed by atoms with Crippen molar-refractivity contribution >= 4 is 11.8 Å². The molecule has 1 heterocycles. The summed E-state index contributed by atoms with van der Waals surface area (Å²) in [6.45, 7) is 7.73. The molecule has 0 aliphatic carbocycles. The van der Waals surface area contributed by atoms with Gasteiger partial charge in [-0.25, -0.2) is 4.79 Å². The summed E-state index contributed by atoms with van der Waals surface area (Å²) < 4.78 is 5.37. The lowest BCUT2D eigenvalue weighted by molar-refractivity contribution is -0.139. The molecule has 0 fully saturated rings. The molecule has 3 nitrogen and oxygen atoms in total. The van der Waals surface area contributed by atoms with Crippen LogP contribution in [0.25, 0.3) is 0 Å². The molecule has 0 amide bonds. The number of Topliss-reactive ketones (excluding diaryl/α,β-unsaturated/α-hetero) is 1. The molecule has 0 radical (unpaired) electrons. The highest BCUT2D eigenvalue weighted by Crippen LogP contribution is 2.23. The molecule has 1 atom stereocenters. The first kappa shape index (κ1) is 17.4. The smallest absolute Gasteiger partial charge is 0.334 e. The summed E-state index contributed by atoms with van der Waals surface area (Å²) in [5.74, 6) is 0.0199. The number of esters is 1. The van der Waals surface area contributed by atoms with Gasteiger partial charge in [-0.05, 0) is 53.0 Å². The van der Waals surface area contributed by atoms with Crippen molar-refractivity contribution in [1.82, 2.24) is 0 Å². The van der Waals surface area contributed by atoms with Gasteiger partial charge in [0.2, 0.25) is 0 Å². The largest absolute Gasteiger partial charge is 0.454 e. The molecular weight excluding hydrogens is 264 g/mol. The highest BCUT2D eigenvalue weighted by molar-refractivity contribution is 5.90. The first-order valence-electron chi connectivity index (χ1n) is 7.58. The maximum absolute atomic E-state index is 11.8. The lowest BCUT2D eigenvalue weighted by Gasteiger charge is -2.08. The number of carbonyl (C=O) groups is 2. The van der Waals surface area contributed by atoms with Gasteiger partial charge in [0.25, 0.3) is 0 Å². The fourth-order valence-electron chi connectivity index (χ4n) is 2.26. The van der Waals surface area contributed by atoms with Crippen molar-refractivity contribution in [3.8, 4) is 0 Å². The van der Waals surface area contributed by atoms with Crippen LogP contribution < -0.4 is 0 Å². The summed E-state index contributed by atoms with van der Waals surface area (Å²) >= 11 is 0. The second kappa shape index (κ2) is 8.60. The molecule has 0 saturated carbocycles. The van der Waals surface area contributed by atoms with Crippen molar-refractivity contribution in [2.75, 3.05) is 0 Å². The molecule has 0 saturated heterocycles. The van der Waals surface area contributed by atoms with E-state index in [1.165, 1.54) is 5.57 Å². The highest BCUT2D eigenvalue weighted by Gasteiger charge is 2.24. The summed E-state index contributed by atoms with van der Waals surface area (Å²) in [4.78, 5) is 22.7. The van der Waals surface area contributed by atoms with Crippen LogP contribution in [0.15, 0.2) is 34.9 Å². The quantitative estimate of drug-likeness (QED) is 0.495. The predicted octanol–water partition coefficient (Wildman–Crippen LogP) is 4.29. The molecule has 1 aliphatic rings. The molecule has 1 aliphatic heterocycles. The molecule has 0 aromatic heterocycles. The third-order valence-corrected chi connectivity index (χ3v) is 3.39. The van der Waals surface area contributed by atoms with E-state index in [1.54, 1.807) is 6.92 Å². The van der Waals surface area contributed by atoms with E-state index in [1.807, 2.05) is 13.0 Å². The van der Waals surface area contributed by atoms with Crippen LogP contribution in [0.1, 0.15) is 59.8 Å². The molecule has 116 valence electrons. The van der Waals surface area contributed by atoms with Gasteiger partial charge in [0, 0.05) is 18.4 Å². The number of hydrogen-bond donors (Lipinski definition) is 0. The van der Waals surface area contributed by atoms with Crippen LogP contribution >= 0.6 is 0 Å². The van der Waals surface area contributed by atoms with E-state index < -0.39 is 0 Å². The summed E-state index contributed by atoms with van der Waals surface area (Å²) in [5, 5.41) is 0. The van der Waals surface area contributed by atoms with Gasteiger partial charge < -0.3 is 9.53 Å². The first-order chi connectivity index (χ1) is 9.88. The van der Waals surface area contributed by atoms with Crippen molar-refractivity contribution in [3.05, 3.63) is 34.9 Å². The summed E-state index contributed by atoms with van der Waals surface area (Å²) in [7, 11) is 0. The van der Waals surface area contributed by atoms with Crippen molar-refractivity contribution in [2.45, 2.75) is 65.9 Å². The minimum Gasteiger partial charge on any atom is -0.454 e. The maximum Gasteiger partial charge on any atom is 0.334 e. The van der Waals surface area contributed by atoms with Crippen molar-refractivity contribution < 1.29 is 14.3 Å². The molecule has 0 spiro atoms. The monoisotopic (exact) mass is 290 g/mol. The molecule has 1 rings (SSSR count). The number of hydrogen-bond acceptors (Lipinski definition) is 3. The van der Waals surface area contributed by atoms with Crippen molar-refractivity contribution in [3.63, 3.8) is 0 Å². The van der Waals surface area contributed by atoms with Gasteiger partial charge in [0.05, 0.1) is 0 Å². The van der Waals surface area contributed by atoms with Gasteiger partial charge >= 0.3 is 5.97 Å². The van der Waals surface area contributed by atoms with Gasteiger partial charge in [-0.3, -0.25) is 0 Å². The molecule has 0 N–H and O–H groups in total. The molecule has 0 aromatic carbocycles. The lowest BCUT2D eigenvalue weighted by atomic mass is 10.0. The number of ether oxygens (including phenoxy) is 1. The van der Waals surface area contributed by atoms with Crippen LogP contribution in [0.2, 0.25) is 0 Å². The summed E-state index contributed by atoms with van der Waals surface area (Å²) in [6, 6.07) is 0. The zero-order valence-corrected chi connectivity index (χ0v) is 13.6. The molecule has 0 unspecified atom stereocenters. The molecule has 3 heteroatoms. The molecular formula is C18H26O3. The second-order valence-corrected chi connectivity index (χ2v) is 5.95. The van der Waals surface area contributed by atoms with Crippen LogP contribution in [-0.2, 0) is 14.3 Å². The Hall–Kier alpha value is -1.64. The molecule has 0 bridgehead atoms. The average molecular weight is 290 g/mol. The normalized spacial score (nSPS) is 18.3. The minimum atomic E-state index is -0.182. The fraction of sp³-hybridized carbons (Fsp3) is 0.556. The van der Waals surface area contributed by atoms with E-state index in [4.69, 9.17) is 4.74 Å². The lowest BCUT2D eigenvalue weighted by Crippen LogP contribution is -2.08. The van der Waals surface area contributed by atoms with Crippen LogP contribution in [0.5, 0.6) is 0 Å². The second-order valence-electron chi connectivity index (χ2n) is 5.95. The van der Waals surface area contributed by atoms with E-state index in [0.717, 1.165) is 36.8 Å². The first-order valence-corrected chi connectivity index (χ1v) is 7.58. The Morgan fingerprint density at radius 3 is 2.52 bits per heavy atom. The standard InChI is InChI=1S/C18H26O3/c1-13(2)7-5-10-16-12-17(21-18(16)20)11-14(3)8-6-9-15(4)19/h7-8,12,17H,5-6,9-11H2,1-4H3/t17-/m1/s1. The van der Waals surface area contributed by atoms with Crippen LogP contribution in [0.3, 0.4) is 0 Å². The highest BCUT2D eigenvalue weighted by atomic mass is 16.5. The Kier molecular flexibility index (Phi) is 7.13. The van der Waals surface area contributed by atoms with E-state index in [-0.39, 0.29) is 17.9 Å². The molecule has 0 aromatic rings. The Morgan fingerprint density at radius 2 is 1.90 bits per heavy atom. The summed E-state index contributed by atoms with van der Waals surface area (Å²) in [5.41, 5.74) is 3.22. The Labute approximate surface area is 127 Å². The maximum atomic E-state index is 11.8. The van der Waals surface area contributed by atoms with Crippen LogP contribution in [-0.4, -0.2) is 17.9 Å². The SMILES string of the molecule is CC(=O)CCC=C(C)C[C@@H]1C=C(CCC=C(C)C)C(=O)O1. The van der Waals surface area contributed by atoms with Crippen molar-refractivity contribution in [2.24, 2.45) is 0 Å². The number of allylic oxidation sites excluding steroid dienone is 3. The van der Waals surface area contributed by atoms with E-state index in [2.05, 4.69) is 26.0 Å². The van der Waals surface area contributed by atoms with Crippen LogP contribution in [0.4, 0.5) is 0 Å². The van der Waals surface area contributed by atoms with Gasteiger partial charge in [0.15, 0.2) is 0 Å². The molecule has 21 heavy (non-hydrogen) atoms. The minimum absolute atomic E-state index is 0.146. The Bertz CT molecular complexity index is 477. The summed E-state index contributed by atoms with van der Waals surface area (Å²) in [6.07, 6.45) is 9.67. The zero-order valence-electron chi connectivity index (χ0n) is 13.6. The number of cyclic esters (lactones) is 1. The average Bonchev–Trinajstić information content (AvgIpc) is 2.68. The Morgan fingerprint density at radius 1 is 1.19 bits per heavy atom. The number of ketones is 1. The fourth-order valence-corrected chi connectivity index (χ4v) is 2.26. The van der Waals surface area contributed by atoms with Crippen LogP contribution in [0, 0.1) is 0 Å². The third kappa shape index (κ3) is 7.07. The van der Waals surface area contributed by atoms with Gasteiger partial charge in [-0.1, -0.05) is 23.3 Å². The Balaban J connectivity index is 2.46.